The number of amides is 1. The molecule has 0 unspecified atom stereocenters. The molecule has 0 radical (unpaired) electrons. The molecule has 1 N–H and O–H groups in total. The lowest BCUT2D eigenvalue weighted by Crippen LogP contribution is -2.12. The van der Waals surface area contributed by atoms with Crippen molar-refractivity contribution in [3.63, 3.8) is 0 Å². The maximum atomic E-state index is 12.4. The van der Waals surface area contributed by atoms with Crippen LogP contribution in [-0.4, -0.2) is 22.3 Å². The summed E-state index contributed by atoms with van der Waals surface area (Å²) in [4.78, 5) is 12.4. The third-order valence-corrected chi connectivity index (χ3v) is 3.62. The highest BCUT2D eigenvalue weighted by Crippen LogP contribution is 2.24. The van der Waals surface area contributed by atoms with E-state index in [0.717, 1.165) is 5.69 Å². The number of nitrogens with zero attached hydrogens (tertiary/aromatic N) is 2. The van der Waals surface area contributed by atoms with Crippen molar-refractivity contribution in [2.24, 2.45) is 0 Å². The molecule has 0 bridgehead atoms. The number of aromatic nitrogens is 2. The van der Waals surface area contributed by atoms with E-state index in [1.54, 1.807) is 29.1 Å². The van der Waals surface area contributed by atoms with Crippen molar-refractivity contribution < 1.29 is 9.53 Å². The number of halogens is 1. The Morgan fingerprint density at radius 2 is 1.96 bits per heavy atom. The molecule has 5 nitrogen and oxygen atoms in total. The summed E-state index contributed by atoms with van der Waals surface area (Å²) < 4.78 is 7.14. The van der Waals surface area contributed by atoms with E-state index in [9.17, 15) is 4.79 Å². The fraction of sp³-hybridized carbons (Fsp3) is 0.111. The molecule has 24 heavy (non-hydrogen) atoms. The van der Waals surface area contributed by atoms with Gasteiger partial charge in [-0.05, 0) is 43.3 Å². The van der Waals surface area contributed by atoms with Crippen molar-refractivity contribution >= 4 is 23.2 Å². The van der Waals surface area contributed by atoms with Crippen LogP contribution in [-0.2, 0) is 0 Å². The quantitative estimate of drug-likeness (QED) is 0.757. The zero-order valence-corrected chi connectivity index (χ0v) is 13.8. The Hall–Kier alpha value is -2.79. The van der Waals surface area contributed by atoms with Gasteiger partial charge in [0.25, 0.3) is 5.91 Å². The first-order valence-corrected chi connectivity index (χ1v) is 7.89. The van der Waals surface area contributed by atoms with E-state index in [1.807, 2.05) is 37.3 Å². The molecular formula is C18H16ClN3O2. The molecule has 0 saturated heterocycles. The van der Waals surface area contributed by atoms with E-state index in [2.05, 4.69) is 10.4 Å². The molecule has 0 aliphatic heterocycles. The third kappa shape index (κ3) is 3.58. The molecule has 1 heterocycles. The largest absolute Gasteiger partial charge is 0.492 e. The highest BCUT2D eigenvalue weighted by Gasteiger charge is 2.12. The normalized spacial score (nSPS) is 10.4. The second-order valence-corrected chi connectivity index (χ2v) is 5.47. The van der Waals surface area contributed by atoms with Crippen LogP contribution in [0.5, 0.6) is 5.75 Å². The Balaban J connectivity index is 1.78. The van der Waals surface area contributed by atoms with Crippen LogP contribution in [0.3, 0.4) is 0 Å². The van der Waals surface area contributed by atoms with Crippen molar-refractivity contribution in [2.45, 2.75) is 6.92 Å². The predicted octanol–water partition coefficient (Wildman–Crippen LogP) is 4.18. The number of hydrogen-bond donors (Lipinski definition) is 1. The number of carbonyl (C=O) groups excluding carboxylic acids is 1. The number of hydrogen-bond acceptors (Lipinski definition) is 3. The van der Waals surface area contributed by atoms with Gasteiger partial charge in [-0.15, -0.1) is 0 Å². The minimum atomic E-state index is -0.248. The summed E-state index contributed by atoms with van der Waals surface area (Å²) in [6.45, 7) is 2.43. The molecule has 0 atom stereocenters. The van der Waals surface area contributed by atoms with Crippen molar-refractivity contribution in [1.29, 1.82) is 0 Å². The van der Waals surface area contributed by atoms with Gasteiger partial charge in [-0.2, -0.15) is 5.10 Å². The minimum absolute atomic E-state index is 0.248. The van der Waals surface area contributed by atoms with Gasteiger partial charge in [-0.1, -0.05) is 23.7 Å². The molecule has 0 aliphatic rings. The number of benzene rings is 2. The highest BCUT2D eigenvalue weighted by molar-refractivity contribution is 6.30. The van der Waals surface area contributed by atoms with Crippen LogP contribution in [0.1, 0.15) is 17.3 Å². The molecule has 3 rings (SSSR count). The van der Waals surface area contributed by atoms with Gasteiger partial charge in [0.1, 0.15) is 5.75 Å². The van der Waals surface area contributed by atoms with Crippen molar-refractivity contribution in [3.8, 4) is 11.4 Å². The average molecular weight is 342 g/mol. The standard InChI is InChI=1S/C18H16ClN3O2/c1-2-24-17-6-4-3-5-16(17)21-18(23)13-11-20-22(12-13)15-9-7-14(19)8-10-15/h3-12H,2H2,1H3,(H,21,23). The number of para-hydroxylation sites is 2. The predicted molar refractivity (Wildman–Crippen MR) is 94.1 cm³/mol. The Morgan fingerprint density at radius 3 is 2.71 bits per heavy atom. The van der Waals surface area contributed by atoms with Crippen LogP contribution in [0.2, 0.25) is 5.02 Å². The first-order chi connectivity index (χ1) is 11.7. The van der Waals surface area contributed by atoms with Crippen LogP contribution in [0.15, 0.2) is 60.9 Å². The van der Waals surface area contributed by atoms with Gasteiger partial charge in [0.2, 0.25) is 0 Å². The van der Waals surface area contributed by atoms with E-state index >= 15 is 0 Å². The molecular weight excluding hydrogens is 326 g/mol. The second-order valence-electron chi connectivity index (χ2n) is 5.03. The molecule has 2 aromatic carbocycles. The number of carbonyl (C=O) groups is 1. The van der Waals surface area contributed by atoms with E-state index in [4.69, 9.17) is 16.3 Å². The summed E-state index contributed by atoms with van der Waals surface area (Å²) in [5, 5.41) is 7.72. The number of anilines is 1. The Morgan fingerprint density at radius 1 is 1.21 bits per heavy atom. The maximum absolute atomic E-state index is 12.4. The molecule has 6 heteroatoms. The van der Waals surface area contributed by atoms with Crippen LogP contribution in [0, 0.1) is 0 Å². The summed E-state index contributed by atoms with van der Waals surface area (Å²) in [5.41, 5.74) is 1.91. The van der Waals surface area contributed by atoms with E-state index in [0.29, 0.717) is 28.6 Å². The zero-order valence-electron chi connectivity index (χ0n) is 13.1. The minimum Gasteiger partial charge on any atom is -0.492 e. The highest BCUT2D eigenvalue weighted by atomic mass is 35.5. The fourth-order valence-electron chi connectivity index (χ4n) is 2.22. The monoisotopic (exact) mass is 341 g/mol. The van der Waals surface area contributed by atoms with Gasteiger partial charge >= 0.3 is 0 Å². The first-order valence-electron chi connectivity index (χ1n) is 7.51. The Kier molecular flexibility index (Phi) is 4.82. The summed E-state index contributed by atoms with van der Waals surface area (Å²) >= 11 is 5.88. The van der Waals surface area contributed by atoms with Crippen LogP contribution in [0.4, 0.5) is 5.69 Å². The van der Waals surface area contributed by atoms with Crippen molar-refractivity contribution in [3.05, 3.63) is 71.5 Å². The van der Waals surface area contributed by atoms with Gasteiger partial charge in [0.05, 0.1) is 29.7 Å². The number of ether oxygens (including phenoxy) is 1. The SMILES string of the molecule is CCOc1ccccc1NC(=O)c1cnn(-c2ccc(Cl)cc2)c1. The van der Waals surface area contributed by atoms with Gasteiger partial charge < -0.3 is 10.1 Å². The first kappa shape index (κ1) is 16.1. The molecule has 3 aromatic rings. The molecule has 0 saturated carbocycles. The Labute approximate surface area is 144 Å². The topological polar surface area (TPSA) is 56.1 Å². The zero-order chi connectivity index (χ0) is 16.9. The number of rotatable bonds is 5. The van der Waals surface area contributed by atoms with Gasteiger partial charge in [0, 0.05) is 11.2 Å². The molecule has 0 fully saturated rings. The van der Waals surface area contributed by atoms with Crippen molar-refractivity contribution in [1.82, 2.24) is 9.78 Å². The third-order valence-electron chi connectivity index (χ3n) is 3.37. The second kappa shape index (κ2) is 7.19. The van der Waals surface area contributed by atoms with E-state index in [1.165, 1.54) is 6.20 Å². The van der Waals surface area contributed by atoms with Gasteiger partial charge in [-0.25, -0.2) is 4.68 Å². The molecule has 1 amide bonds. The smallest absolute Gasteiger partial charge is 0.258 e. The summed E-state index contributed by atoms with van der Waals surface area (Å²) in [7, 11) is 0. The van der Waals surface area contributed by atoms with Crippen LogP contribution >= 0.6 is 11.6 Å². The summed E-state index contributed by atoms with van der Waals surface area (Å²) in [6.07, 6.45) is 3.19. The lowest BCUT2D eigenvalue weighted by atomic mass is 10.2. The summed E-state index contributed by atoms with van der Waals surface area (Å²) in [6, 6.07) is 14.5. The lowest BCUT2D eigenvalue weighted by Gasteiger charge is -2.10. The van der Waals surface area contributed by atoms with Gasteiger partial charge in [0.15, 0.2) is 0 Å². The van der Waals surface area contributed by atoms with Crippen LogP contribution < -0.4 is 10.1 Å². The lowest BCUT2D eigenvalue weighted by molar-refractivity contribution is 0.102. The maximum Gasteiger partial charge on any atom is 0.258 e. The van der Waals surface area contributed by atoms with Crippen molar-refractivity contribution in [2.75, 3.05) is 11.9 Å². The summed E-state index contributed by atoms with van der Waals surface area (Å²) in [5.74, 6) is 0.390. The molecule has 122 valence electrons. The molecule has 0 aliphatic carbocycles. The van der Waals surface area contributed by atoms with Gasteiger partial charge in [-0.3, -0.25) is 4.79 Å². The number of nitrogens with one attached hydrogen (secondary N) is 1. The Bertz CT molecular complexity index is 843. The molecule has 1 aromatic heterocycles. The average Bonchev–Trinajstić information content (AvgIpc) is 3.08. The fourth-order valence-corrected chi connectivity index (χ4v) is 2.35. The van der Waals surface area contributed by atoms with E-state index in [-0.39, 0.29) is 5.91 Å². The molecule has 0 spiro atoms. The van der Waals surface area contributed by atoms with Crippen LogP contribution in [0.25, 0.3) is 5.69 Å². The van der Waals surface area contributed by atoms with E-state index < -0.39 is 0 Å².